The van der Waals surface area contributed by atoms with Gasteiger partial charge < -0.3 is 9.47 Å². The third-order valence-corrected chi connectivity index (χ3v) is 4.73. The molecule has 0 radical (unpaired) electrons. The second-order valence-corrected chi connectivity index (χ2v) is 6.51. The summed E-state index contributed by atoms with van der Waals surface area (Å²) in [5.41, 5.74) is 1.71. The summed E-state index contributed by atoms with van der Waals surface area (Å²) in [5, 5.41) is 0. The molecule has 24 heavy (non-hydrogen) atoms. The van der Waals surface area contributed by atoms with Crippen LogP contribution in [0.15, 0.2) is 40.9 Å². The Hall–Kier alpha value is -2.08. The maximum absolute atomic E-state index is 13.1. The van der Waals surface area contributed by atoms with Crippen LogP contribution in [-0.4, -0.2) is 19.2 Å². The van der Waals surface area contributed by atoms with Gasteiger partial charge in [-0.1, -0.05) is 0 Å². The fourth-order valence-corrected chi connectivity index (χ4v) is 3.34. The summed E-state index contributed by atoms with van der Waals surface area (Å²) in [4.78, 5) is 13.8. The molecule has 1 aliphatic heterocycles. The lowest BCUT2D eigenvalue weighted by Gasteiger charge is -2.35. The lowest BCUT2D eigenvalue weighted by Crippen LogP contribution is -2.42. The third-order valence-electron chi connectivity index (χ3n) is 4.11. The highest BCUT2D eigenvalue weighted by molar-refractivity contribution is 9.10. The summed E-state index contributed by atoms with van der Waals surface area (Å²) in [7, 11) is 1.37. The van der Waals surface area contributed by atoms with Crippen LogP contribution >= 0.6 is 15.9 Å². The SMILES string of the molecule is COC(=O)N1c2ccc(Br)c(Oc3ccc(F)cc3)c2CC[C@@H]1C. The number of rotatable bonds is 2. The van der Waals surface area contributed by atoms with Gasteiger partial charge in [0.15, 0.2) is 0 Å². The number of carbonyl (C=O) groups excluding carboxylic acids is 1. The molecule has 3 rings (SSSR count). The molecule has 1 atom stereocenters. The zero-order valence-electron chi connectivity index (χ0n) is 13.4. The van der Waals surface area contributed by atoms with Gasteiger partial charge in [0.05, 0.1) is 17.3 Å². The maximum Gasteiger partial charge on any atom is 0.414 e. The zero-order chi connectivity index (χ0) is 17.3. The molecule has 126 valence electrons. The minimum atomic E-state index is -0.390. The van der Waals surface area contributed by atoms with Crippen molar-refractivity contribution in [3.63, 3.8) is 0 Å². The van der Waals surface area contributed by atoms with Gasteiger partial charge >= 0.3 is 6.09 Å². The monoisotopic (exact) mass is 393 g/mol. The van der Waals surface area contributed by atoms with Gasteiger partial charge in [0.1, 0.15) is 17.3 Å². The molecule has 0 saturated carbocycles. The van der Waals surface area contributed by atoms with E-state index in [2.05, 4.69) is 15.9 Å². The van der Waals surface area contributed by atoms with Crippen molar-refractivity contribution < 1.29 is 18.7 Å². The smallest absolute Gasteiger partial charge is 0.414 e. The largest absolute Gasteiger partial charge is 0.456 e. The predicted molar refractivity (Wildman–Crippen MR) is 93.3 cm³/mol. The van der Waals surface area contributed by atoms with Crippen LogP contribution in [0.25, 0.3) is 0 Å². The van der Waals surface area contributed by atoms with E-state index in [1.807, 2.05) is 19.1 Å². The van der Waals surface area contributed by atoms with E-state index in [4.69, 9.17) is 9.47 Å². The van der Waals surface area contributed by atoms with Gasteiger partial charge in [-0.3, -0.25) is 4.90 Å². The molecule has 0 unspecified atom stereocenters. The van der Waals surface area contributed by atoms with Gasteiger partial charge in [0.2, 0.25) is 0 Å². The Morgan fingerprint density at radius 2 is 1.96 bits per heavy atom. The molecule has 2 aromatic carbocycles. The predicted octanol–water partition coefficient (Wildman–Crippen LogP) is 5.29. The van der Waals surface area contributed by atoms with E-state index < -0.39 is 6.09 Å². The molecule has 0 bridgehead atoms. The number of amides is 1. The molecule has 0 aliphatic carbocycles. The van der Waals surface area contributed by atoms with E-state index in [9.17, 15) is 9.18 Å². The highest BCUT2D eigenvalue weighted by Crippen LogP contribution is 2.43. The van der Waals surface area contributed by atoms with E-state index in [0.717, 1.165) is 28.6 Å². The van der Waals surface area contributed by atoms with Crippen LogP contribution in [0.2, 0.25) is 0 Å². The lowest BCUT2D eigenvalue weighted by molar-refractivity contribution is 0.175. The molecule has 0 spiro atoms. The first-order valence-electron chi connectivity index (χ1n) is 7.63. The molecular weight excluding hydrogens is 377 g/mol. The van der Waals surface area contributed by atoms with Crippen molar-refractivity contribution in [2.24, 2.45) is 0 Å². The summed E-state index contributed by atoms with van der Waals surface area (Å²) in [6.07, 6.45) is 1.19. The molecule has 0 fully saturated rings. The van der Waals surface area contributed by atoms with Crippen molar-refractivity contribution in [3.8, 4) is 11.5 Å². The Kier molecular flexibility index (Phi) is 4.76. The van der Waals surface area contributed by atoms with Gasteiger partial charge in [-0.15, -0.1) is 0 Å². The number of methoxy groups -OCH3 is 1. The van der Waals surface area contributed by atoms with Gasteiger partial charge in [0, 0.05) is 11.6 Å². The Morgan fingerprint density at radius 1 is 1.25 bits per heavy atom. The number of benzene rings is 2. The van der Waals surface area contributed by atoms with Gasteiger partial charge in [-0.05, 0) is 72.1 Å². The first-order chi connectivity index (χ1) is 11.5. The number of hydrogen-bond acceptors (Lipinski definition) is 3. The second kappa shape index (κ2) is 6.81. The van der Waals surface area contributed by atoms with Crippen molar-refractivity contribution in [2.75, 3.05) is 12.0 Å². The molecule has 0 aromatic heterocycles. The number of fused-ring (bicyclic) bond motifs is 1. The number of carbonyl (C=O) groups is 1. The van der Waals surface area contributed by atoms with E-state index >= 15 is 0 Å². The number of ether oxygens (including phenoxy) is 2. The number of anilines is 1. The van der Waals surface area contributed by atoms with Crippen LogP contribution in [-0.2, 0) is 11.2 Å². The first kappa shape index (κ1) is 16.8. The van der Waals surface area contributed by atoms with E-state index in [-0.39, 0.29) is 11.9 Å². The molecule has 4 nitrogen and oxygen atoms in total. The topological polar surface area (TPSA) is 38.8 Å². The van der Waals surface area contributed by atoms with Crippen LogP contribution in [0.4, 0.5) is 14.9 Å². The highest BCUT2D eigenvalue weighted by Gasteiger charge is 2.31. The number of hydrogen-bond donors (Lipinski definition) is 0. The molecule has 2 aromatic rings. The molecule has 0 N–H and O–H groups in total. The molecular formula is C18H17BrFNO3. The normalized spacial score (nSPS) is 16.5. The fourth-order valence-electron chi connectivity index (χ4n) is 2.88. The van der Waals surface area contributed by atoms with Crippen LogP contribution in [0.5, 0.6) is 11.5 Å². The zero-order valence-corrected chi connectivity index (χ0v) is 15.0. The average molecular weight is 394 g/mol. The van der Waals surface area contributed by atoms with Crippen molar-refractivity contribution in [3.05, 3.63) is 52.3 Å². The van der Waals surface area contributed by atoms with E-state index in [1.165, 1.54) is 19.2 Å². The average Bonchev–Trinajstić information content (AvgIpc) is 2.58. The quantitative estimate of drug-likeness (QED) is 0.695. The molecule has 1 aliphatic rings. The van der Waals surface area contributed by atoms with Crippen LogP contribution in [0.1, 0.15) is 18.9 Å². The number of halogens is 2. The molecule has 0 saturated heterocycles. The Morgan fingerprint density at radius 3 is 2.62 bits per heavy atom. The van der Waals surface area contributed by atoms with E-state index in [1.54, 1.807) is 17.0 Å². The van der Waals surface area contributed by atoms with E-state index in [0.29, 0.717) is 11.5 Å². The molecule has 1 heterocycles. The summed E-state index contributed by atoms with van der Waals surface area (Å²) in [6, 6.07) is 9.61. The molecule has 6 heteroatoms. The van der Waals surface area contributed by atoms with Gasteiger partial charge in [-0.2, -0.15) is 0 Å². The highest BCUT2D eigenvalue weighted by atomic mass is 79.9. The van der Waals surface area contributed by atoms with Gasteiger partial charge in [0.25, 0.3) is 0 Å². The van der Waals surface area contributed by atoms with Crippen molar-refractivity contribution in [1.82, 2.24) is 0 Å². The lowest BCUT2D eigenvalue weighted by atomic mass is 9.96. The minimum absolute atomic E-state index is 0.0461. The van der Waals surface area contributed by atoms with Crippen molar-refractivity contribution in [2.45, 2.75) is 25.8 Å². The number of nitrogens with zero attached hydrogens (tertiary/aromatic N) is 1. The summed E-state index contributed by atoms with van der Waals surface area (Å²) in [6.45, 7) is 1.99. The summed E-state index contributed by atoms with van der Waals surface area (Å²) >= 11 is 3.50. The standard InChI is InChI=1S/C18H17BrFNO3/c1-11-3-8-14-16(21(11)18(22)23-2)10-9-15(19)17(14)24-13-6-4-12(20)5-7-13/h4-7,9-11H,3,8H2,1-2H3/t11-/m0/s1. The molecule has 1 amide bonds. The summed E-state index contributed by atoms with van der Waals surface area (Å²) < 4.78 is 24.7. The Labute approximate surface area is 148 Å². The van der Waals surface area contributed by atoms with Crippen LogP contribution in [0, 0.1) is 5.82 Å². The van der Waals surface area contributed by atoms with Crippen molar-refractivity contribution in [1.29, 1.82) is 0 Å². The van der Waals surface area contributed by atoms with Crippen LogP contribution < -0.4 is 9.64 Å². The van der Waals surface area contributed by atoms with Crippen molar-refractivity contribution >= 4 is 27.7 Å². The first-order valence-corrected chi connectivity index (χ1v) is 8.42. The Balaban J connectivity index is 2.03. The third kappa shape index (κ3) is 3.11. The van der Waals surface area contributed by atoms with Gasteiger partial charge in [-0.25, -0.2) is 9.18 Å². The Bertz CT molecular complexity index is 764. The maximum atomic E-state index is 13.1. The summed E-state index contributed by atoms with van der Waals surface area (Å²) in [5.74, 6) is 0.857. The van der Waals surface area contributed by atoms with Crippen LogP contribution in [0.3, 0.4) is 0 Å². The minimum Gasteiger partial charge on any atom is -0.456 e. The second-order valence-electron chi connectivity index (χ2n) is 5.66. The fraction of sp³-hybridized carbons (Fsp3) is 0.278.